The lowest BCUT2D eigenvalue weighted by Gasteiger charge is -2.19. The van der Waals surface area contributed by atoms with Crippen molar-refractivity contribution in [3.05, 3.63) is 62.7 Å². The van der Waals surface area contributed by atoms with Crippen molar-refractivity contribution < 1.29 is 66.3 Å². The van der Waals surface area contributed by atoms with Gasteiger partial charge in [0.2, 0.25) is 0 Å². The van der Waals surface area contributed by atoms with E-state index in [4.69, 9.17) is 14.5 Å². The summed E-state index contributed by atoms with van der Waals surface area (Å²) < 4.78 is 51.6. The van der Waals surface area contributed by atoms with Gasteiger partial charge in [-0.25, -0.2) is 18.5 Å². The summed E-state index contributed by atoms with van der Waals surface area (Å²) in [6.45, 7) is 0.519. The van der Waals surface area contributed by atoms with Crippen LogP contribution in [0.3, 0.4) is 0 Å². The molecule has 1 aliphatic rings. The molecule has 2 heterocycles. The van der Waals surface area contributed by atoms with Crippen LogP contribution in [0.1, 0.15) is 24.8 Å². The first kappa shape index (κ1) is 32.1. The SMILES string of the molecule is CC(Nc1ccn([C@@H]2O[C@H](COP(=O)(O)OP(=O)(O)OP(=O)(O)O)[C@@H](O)[C@H]2O)c(=O)n1)c1ccccc1[N+](=O)[O-]. The molecule has 0 saturated carbocycles. The summed E-state index contributed by atoms with van der Waals surface area (Å²) in [5.74, 6) is 0.00384. The lowest BCUT2D eigenvalue weighted by atomic mass is 10.1. The summed E-state index contributed by atoms with van der Waals surface area (Å²) in [4.78, 5) is 62.9. The average molecular weight is 632 g/mol. The number of aromatic nitrogens is 2. The number of nitro benzene ring substituents is 1. The Morgan fingerprint density at radius 3 is 2.35 bits per heavy atom. The second-order valence-electron chi connectivity index (χ2n) is 8.12. The quantitative estimate of drug-likeness (QED) is 0.0939. The van der Waals surface area contributed by atoms with Crippen LogP contribution in [0.5, 0.6) is 0 Å². The zero-order chi connectivity index (χ0) is 30.0. The molecule has 0 bridgehead atoms. The third-order valence-corrected chi connectivity index (χ3v) is 9.03. The summed E-state index contributed by atoms with van der Waals surface area (Å²) in [6, 6.07) is 6.53. The number of hydrogen-bond acceptors (Lipinski definition) is 14. The lowest BCUT2D eigenvalue weighted by molar-refractivity contribution is -0.385. The highest BCUT2D eigenvalue weighted by Crippen LogP contribution is 2.66. The minimum absolute atomic E-state index is 0.00384. The van der Waals surface area contributed by atoms with Gasteiger partial charge in [-0.2, -0.15) is 13.6 Å². The second-order valence-corrected chi connectivity index (χ2v) is 12.5. The Hall–Kier alpha value is -2.41. The fourth-order valence-corrected chi connectivity index (χ4v) is 6.60. The highest BCUT2D eigenvalue weighted by molar-refractivity contribution is 7.66. The third kappa shape index (κ3) is 8.31. The molecule has 1 fully saturated rings. The van der Waals surface area contributed by atoms with Gasteiger partial charge in [0.1, 0.15) is 24.1 Å². The van der Waals surface area contributed by atoms with Crippen molar-refractivity contribution in [2.75, 3.05) is 11.9 Å². The van der Waals surface area contributed by atoms with E-state index in [2.05, 4.69) is 23.4 Å². The molecule has 3 unspecified atom stereocenters. The predicted octanol–water partition coefficient (Wildman–Crippen LogP) is 0.287. The maximum absolute atomic E-state index is 12.6. The van der Waals surface area contributed by atoms with Gasteiger partial charge in [0.25, 0.3) is 5.69 Å². The molecule has 2 aromatic rings. The Kier molecular flexibility index (Phi) is 9.81. The van der Waals surface area contributed by atoms with Crippen LogP contribution in [0.15, 0.2) is 41.3 Å². The number of para-hydroxylation sites is 1. The number of anilines is 1. The largest absolute Gasteiger partial charge is 0.490 e. The van der Waals surface area contributed by atoms with E-state index in [1.165, 1.54) is 24.3 Å². The van der Waals surface area contributed by atoms with Crippen LogP contribution in [-0.4, -0.2) is 69.2 Å². The van der Waals surface area contributed by atoms with Gasteiger partial charge in [0, 0.05) is 12.3 Å². The minimum Gasteiger partial charge on any atom is -0.387 e. The Morgan fingerprint density at radius 1 is 1.10 bits per heavy atom. The van der Waals surface area contributed by atoms with E-state index < -0.39 is 71.3 Å². The minimum atomic E-state index is -5.78. The number of benzene rings is 1. The number of phosphoric acid groups is 3. The van der Waals surface area contributed by atoms with Crippen LogP contribution in [0, 0.1) is 10.1 Å². The molecule has 23 heteroatoms. The fraction of sp³-hybridized carbons (Fsp3) is 0.412. The van der Waals surface area contributed by atoms with Crippen LogP contribution >= 0.6 is 23.5 Å². The van der Waals surface area contributed by atoms with Gasteiger partial charge in [0.15, 0.2) is 6.23 Å². The van der Waals surface area contributed by atoms with Crippen molar-refractivity contribution in [3.63, 3.8) is 0 Å². The van der Waals surface area contributed by atoms with Crippen molar-refractivity contribution in [2.45, 2.75) is 37.5 Å². The van der Waals surface area contributed by atoms with E-state index in [1.54, 1.807) is 13.0 Å². The summed E-state index contributed by atoms with van der Waals surface area (Å²) >= 11 is 0. The average Bonchev–Trinajstić information content (AvgIpc) is 3.09. The first-order valence-corrected chi connectivity index (χ1v) is 15.3. The monoisotopic (exact) mass is 632 g/mol. The molecule has 0 amide bonds. The zero-order valence-corrected chi connectivity index (χ0v) is 22.7. The Morgan fingerprint density at radius 2 is 1.75 bits per heavy atom. The third-order valence-electron chi connectivity index (χ3n) is 5.22. The maximum atomic E-state index is 12.6. The molecule has 1 aromatic heterocycles. The summed E-state index contributed by atoms with van der Waals surface area (Å²) in [6.07, 6.45) is -5.73. The van der Waals surface area contributed by atoms with E-state index in [-0.39, 0.29) is 11.5 Å². The van der Waals surface area contributed by atoms with Gasteiger partial charge in [-0.1, -0.05) is 18.2 Å². The van der Waals surface area contributed by atoms with Crippen LogP contribution < -0.4 is 11.0 Å². The number of nitrogens with one attached hydrogen (secondary N) is 1. The Balaban J connectivity index is 1.68. The molecule has 1 aliphatic heterocycles. The number of ether oxygens (including phenoxy) is 1. The van der Waals surface area contributed by atoms with E-state index in [1.807, 2.05) is 0 Å². The van der Waals surface area contributed by atoms with Gasteiger partial charge < -0.3 is 39.8 Å². The van der Waals surface area contributed by atoms with E-state index in [0.29, 0.717) is 5.56 Å². The van der Waals surface area contributed by atoms with Crippen LogP contribution in [-0.2, 0) is 31.6 Å². The van der Waals surface area contributed by atoms with Crippen molar-refractivity contribution in [1.82, 2.24) is 9.55 Å². The zero-order valence-electron chi connectivity index (χ0n) is 20.0. The number of rotatable bonds is 12. The highest BCUT2D eigenvalue weighted by atomic mass is 31.3. The number of hydrogen-bond donors (Lipinski definition) is 7. The second kappa shape index (κ2) is 12.2. The van der Waals surface area contributed by atoms with Gasteiger partial charge in [-0.05, 0) is 13.0 Å². The molecule has 3 rings (SSSR count). The fourth-order valence-electron chi connectivity index (χ4n) is 3.57. The standard InChI is InChI=1S/C17H23N4O16P3/c1-9(10-4-2-3-5-11(10)21(25)26)18-13-6-7-20(17(24)19-13)16-15(23)14(22)12(35-16)8-34-39(30,31)37-40(32,33)36-38(27,28)29/h2-7,9,12,14-16,22-23H,8H2,1H3,(H,30,31)(H,32,33)(H,18,19,24)(H2,27,28,29)/t9?,12-,14-,15-,16-/m1/s1. The number of nitrogens with zero attached hydrogens (tertiary/aromatic N) is 3. The number of phosphoric ester groups is 1. The van der Waals surface area contributed by atoms with Crippen molar-refractivity contribution >= 4 is 35.0 Å². The topological polar surface area (TPSA) is 300 Å². The molecule has 40 heavy (non-hydrogen) atoms. The van der Waals surface area contributed by atoms with Gasteiger partial charge >= 0.3 is 29.2 Å². The summed E-state index contributed by atoms with van der Waals surface area (Å²) in [5.41, 5.74) is -0.839. The molecule has 1 saturated heterocycles. The van der Waals surface area contributed by atoms with E-state index in [0.717, 1.165) is 10.8 Å². The van der Waals surface area contributed by atoms with Gasteiger partial charge in [0.05, 0.1) is 23.1 Å². The van der Waals surface area contributed by atoms with Crippen LogP contribution in [0.25, 0.3) is 0 Å². The normalized spacial score (nSPS) is 25.1. The molecule has 0 spiro atoms. The molecule has 7 N–H and O–H groups in total. The molecule has 1 aromatic carbocycles. The highest BCUT2D eigenvalue weighted by Gasteiger charge is 2.46. The molecule has 7 atom stereocenters. The molecular formula is C17H23N4O16P3. The molecular weight excluding hydrogens is 609 g/mol. The number of aliphatic hydroxyl groups excluding tert-OH is 2. The first-order valence-electron chi connectivity index (χ1n) is 10.8. The van der Waals surface area contributed by atoms with Crippen LogP contribution in [0.4, 0.5) is 11.5 Å². The Bertz CT molecular complexity index is 1450. The molecule has 0 aliphatic carbocycles. The van der Waals surface area contributed by atoms with Gasteiger partial charge in [-0.15, -0.1) is 0 Å². The number of nitro groups is 1. The first-order chi connectivity index (χ1) is 18.4. The van der Waals surface area contributed by atoms with E-state index >= 15 is 0 Å². The maximum Gasteiger partial charge on any atom is 0.490 e. The van der Waals surface area contributed by atoms with Crippen molar-refractivity contribution in [3.8, 4) is 0 Å². The smallest absolute Gasteiger partial charge is 0.387 e. The predicted molar refractivity (Wildman–Crippen MR) is 129 cm³/mol. The molecule has 20 nitrogen and oxygen atoms in total. The summed E-state index contributed by atoms with van der Waals surface area (Å²) in [7, 11) is -16.9. The lowest BCUT2D eigenvalue weighted by Crippen LogP contribution is -2.36. The van der Waals surface area contributed by atoms with Crippen LogP contribution in [0.2, 0.25) is 0 Å². The number of aliphatic hydroxyl groups is 2. The van der Waals surface area contributed by atoms with Gasteiger partial charge in [-0.3, -0.25) is 19.2 Å². The molecule has 222 valence electrons. The van der Waals surface area contributed by atoms with Crippen molar-refractivity contribution in [1.29, 1.82) is 0 Å². The van der Waals surface area contributed by atoms with Crippen molar-refractivity contribution in [2.24, 2.45) is 0 Å². The summed E-state index contributed by atoms with van der Waals surface area (Å²) in [5, 5.41) is 34.7. The molecule has 0 radical (unpaired) electrons. The Labute approximate surface area is 223 Å². The van der Waals surface area contributed by atoms with E-state index in [9.17, 15) is 48.6 Å².